The van der Waals surface area contributed by atoms with Crippen LogP contribution in [0.15, 0.2) is 0 Å². The van der Waals surface area contributed by atoms with Crippen molar-refractivity contribution in [2.75, 3.05) is 7.05 Å². The summed E-state index contributed by atoms with van der Waals surface area (Å²) in [5.41, 5.74) is 0. The maximum absolute atomic E-state index is 5.22. The zero-order valence-corrected chi connectivity index (χ0v) is 5.83. The first-order valence-corrected chi connectivity index (χ1v) is 3.11. The van der Waals surface area contributed by atoms with Crippen molar-refractivity contribution in [2.24, 2.45) is 5.14 Å². The number of hydrogen-bond donors (Lipinski definition) is 1. The van der Waals surface area contributed by atoms with Gasteiger partial charge in [-0.2, -0.15) is 0 Å². The van der Waals surface area contributed by atoms with Crippen LogP contribution in [0.1, 0.15) is 13.8 Å². The minimum Gasteiger partial charge on any atom is -0.264 e. The van der Waals surface area contributed by atoms with Crippen molar-refractivity contribution in [3.8, 4) is 0 Å². The molecule has 0 aliphatic carbocycles. The standard InChI is InChI=1S/C4H12N2S/c1-4(2)6(3)7-5/h4H,5H2,1-3H3. The molecule has 0 bridgehead atoms. The molecule has 0 radical (unpaired) electrons. The van der Waals surface area contributed by atoms with Crippen molar-refractivity contribution in [1.82, 2.24) is 4.31 Å². The SMILES string of the molecule is CC(C)N(C)SN. The largest absolute Gasteiger partial charge is 0.264 e. The summed E-state index contributed by atoms with van der Waals surface area (Å²) in [7, 11) is 1.97. The summed E-state index contributed by atoms with van der Waals surface area (Å²) in [6.45, 7) is 4.19. The van der Waals surface area contributed by atoms with E-state index in [2.05, 4.69) is 13.8 Å². The van der Waals surface area contributed by atoms with E-state index in [-0.39, 0.29) is 0 Å². The molecule has 0 saturated carbocycles. The van der Waals surface area contributed by atoms with Crippen LogP contribution < -0.4 is 5.14 Å². The van der Waals surface area contributed by atoms with Crippen LogP contribution >= 0.6 is 12.1 Å². The van der Waals surface area contributed by atoms with Crippen molar-refractivity contribution >= 4 is 12.1 Å². The fourth-order valence-electron chi connectivity index (χ4n) is 0.122. The molecule has 0 heterocycles. The first-order valence-electron chi connectivity index (χ1n) is 2.28. The number of hydrogen-bond acceptors (Lipinski definition) is 3. The van der Waals surface area contributed by atoms with E-state index in [0.717, 1.165) is 0 Å². The summed E-state index contributed by atoms with van der Waals surface area (Å²) < 4.78 is 1.99. The van der Waals surface area contributed by atoms with Gasteiger partial charge in [-0.3, -0.25) is 5.14 Å². The molecule has 0 aromatic rings. The summed E-state index contributed by atoms with van der Waals surface area (Å²) >= 11 is 1.27. The van der Waals surface area contributed by atoms with E-state index in [4.69, 9.17) is 5.14 Å². The highest BCUT2D eigenvalue weighted by molar-refractivity contribution is 7.94. The van der Waals surface area contributed by atoms with Gasteiger partial charge in [0, 0.05) is 18.2 Å². The molecular formula is C4H12N2S. The van der Waals surface area contributed by atoms with Crippen LogP contribution in [-0.2, 0) is 0 Å². The minimum atomic E-state index is 0.537. The molecular weight excluding hydrogens is 108 g/mol. The molecule has 2 N–H and O–H groups in total. The number of rotatable bonds is 2. The average Bonchev–Trinajstić information content (AvgIpc) is 1.65. The second-order valence-corrected chi connectivity index (χ2v) is 2.53. The fourth-order valence-corrected chi connectivity index (χ4v) is 0.365. The van der Waals surface area contributed by atoms with Crippen molar-refractivity contribution in [3.63, 3.8) is 0 Å². The third-order valence-corrected chi connectivity index (χ3v) is 1.65. The van der Waals surface area contributed by atoms with Crippen LogP contribution in [0.5, 0.6) is 0 Å². The third kappa shape index (κ3) is 2.91. The lowest BCUT2D eigenvalue weighted by molar-refractivity contribution is 0.469. The molecule has 44 valence electrons. The van der Waals surface area contributed by atoms with Gasteiger partial charge in [0.25, 0.3) is 0 Å². The maximum atomic E-state index is 5.22. The topological polar surface area (TPSA) is 29.3 Å². The van der Waals surface area contributed by atoms with Gasteiger partial charge in [-0.1, -0.05) is 0 Å². The van der Waals surface area contributed by atoms with Crippen molar-refractivity contribution in [2.45, 2.75) is 19.9 Å². The molecule has 0 saturated heterocycles. The molecule has 0 aromatic carbocycles. The molecule has 7 heavy (non-hydrogen) atoms. The highest BCUT2D eigenvalue weighted by atomic mass is 32.2. The monoisotopic (exact) mass is 120 g/mol. The van der Waals surface area contributed by atoms with Crippen LogP contribution in [0.3, 0.4) is 0 Å². The Hall–Kier alpha value is 0.270. The predicted molar refractivity (Wildman–Crippen MR) is 34.7 cm³/mol. The molecule has 0 aromatic heterocycles. The van der Waals surface area contributed by atoms with E-state index < -0.39 is 0 Å². The number of nitrogens with zero attached hydrogens (tertiary/aromatic N) is 1. The van der Waals surface area contributed by atoms with Gasteiger partial charge in [0.1, 0.15) is 0 Å². The minimum absolute atomic E-state index is 0.537. The Morgan fingerprint density at radius 3 is 2.00 bits per heavy atom. The van der Waals surface area contributed by atoms with E-state index in [1.54, 1.807) is 0 Å². The van der Waals surface area contributed by atoms with Gasteiger partial charge >= 0.3 is 0 Å². The second-order valence-electron chi connectivity index (χ2n) is 1.75. The Kier molecular flexibility index (Phi) is 3.42. The van der Waals surface area contributed by atoms with E-state index in [1.165, 1.54) is 12.1 Å². The normalized spacial score (nSPS) is 11.1. The van der Waals surface area contributed by atoms with E-state index in [9.17, 15) is 0 Å². The molecule has 0 spiro atoms. The highest BCUT2D eigenvalue weighted by Crippen LogP contribution is 2.00. The molecule has 0 aliphatic heterocycles. The Labute approximate surface area is 49.3 Å². The van der Waals surface area contributed by atoms with Gasteiger partial charge in [-0.25, -0.2) is 4.31 Å². The van der Waals surface area contributed by atoms with Gasteiger partial charge in [-0.05, 0) is 20.9 Å². The second kappa shape index (κ2) is 3.29. The molecule has 2 nitrogen and oxygen atoms in total. The van der Waals surface area contributed by atoms with Gasteiger partial charge in [0.05, 0.1) is 0 Å². The summed E-state index contributed by atoms with van der Waals surface area (Å²) in [5, 5.41) is 5.22. The third-order valence-electron chi connectivity index (χ3n) is 0.893. The molecule has 3 heteroatoms. The first kappa shape index (κ1) is 7.27. The van der Waals surface area contributed by atoms with Gasteiger partial charge < -0.3 is 0 Å². The van der Waals surface area contributed by atoms with Crippen LogP contribution in [0.4, 0.5) is 0 Å². The Balaban J connectivity index is 3.14. The highest BCUT2D eigenvalue weighted by Gasteiger charge is 1.97. The average molecular weight is 120 g/mol. The van der Waals surface area contributed by atoms with Crippen molar-refractivity contribution in [3.05, 3.63) is 0 Å². The summed E-state index contributed by atoms with van der Waals surface area (Å²) in [6, 6.07) is 0.537. The van der Waals surface area contributed by atoms with Crippen LogP contribution in [0.25, 0.3) is 0 Å². The van der Waals surface area contributed by atoms with Crippen molar-refractivity contribution < 1.29 is 0 Å². The zero-order chi connectivity index (χ0) is 5.86. The molecule has 0 fully saturated rings. The zero-order valence-electron chi connectivity index (χ0n) is 5.01. The van der Waals surface area contributed by atoms with E-state index in [1.807, 2.05) is 11.4 Å². The van der Waals surface area contributed by atoms with Crippen LogP contribution in [-0.4, -0.2) is 17.4 Å². The quantitative estimate of drug-likeness (QED) is 0.548. The lowest BCUT2D eigenvalue weighted by atomic mass is 10.4. The predicted octanol–water partition coefficient (Wildman–Crippen LogP) is 0.849. The smallest absolute Gasteiger partial charge is 0.0154 e. The summed E-state index contributed by atoms with van der Waals surface area (Å²) in [5.74, 6) is 0. The van der Waals surface area contributed by atoms with Crippen LogP contribution in [0.2, 0.25) is 0 Å². The Morgan fingerprint density at radius 1 is 1.57 bits per heavy atom. The number of nitrogens with two attached hydrogens (primary N) is 1. The molecule has 0 atom stereocenters. The Morgan fingerprint density at radius 2 is 2.00 bits per heavy atom. The van der Waals surface area contributed by atoms with Gasteiger partial charge in [0.2, 0.25) is 0 Å². The fraction of sp³-hybridized carbons (Fsp3) is 1.00. The van der Waals surface area contributed by atoms with Crippen molar-refractivity contribution in [1.29, 1.82) is 0 Å². The first-order chi connectivity index (χ1) is 3.18. The molecule has 0 amide bonds. The Bertz CT molecular complexity index is 47.0. The summed E-state index contributed by atoms with van der Waals surface area (Å²) in [4.78, 5) is 0. The molecule has 0 rings (SSSR count). The summed E-state index contributed by atoms with van der Waals surface area (Å²) in [6.07, 6.45) is 0. The lowest BCUT2D eigenvalue weighted by Crippen LogP contribution is -2.20. The van der Waals surface area contributed by atoms with E-state index in [0.29, 0.717) is 6.04 Å². The maximum Gasteiger partial charge on any atom is 0.0154 e. The van der Waals surface area contributed by atoms with Crippen LogP contribution in [0, 0.1) is 0 Å². The van der Waals surface area contributed by atoms with Gasteiger partial charge in [-0.15, -0.1) is 0 Å². The van der Waals surface area contributed by atoms with Gasteiger partial charge in [0.15, 0.2) is 0 Å². The molecule has 0 aliphatic rings. The molecule has 0 unspecified atom stereocenters. The lowest BCUT2D eigenvalue weighted by Gasteiger charge is -2.15. The van der Waals surface area contributed by atoms with E-state index >= 15 is 0 Å².